The van der Waals surface area contributed by atoms with Gasteiger partial charge in [-0.1, -0.05) is 85.3 Å². The molecule has 0 aliphatic carbocycles. The molecule has 8 nitrogen and oxygen atoms in total. The van der Waals surface area contributed by atoms with Crippen LogP contribution in [0.5, 0.6) is 0 Å². The Balaban J connectivity index is 1.54. The number of hydrogen-bond donors (Lipinski definition) is 3. The Morgan fingerprint density at radius 2 is 1.55 bits per heavy atom. The molecule has 0 radical (unpaired) electrons. The number of ketones is 2. The van der Waals surface area contributed by atoms with Crippen molar-refractivity contribution in [3.8, 4) is 0 Å². The van der Waals surface area contributed by atoms with Crippen LogP contribution in [0.15, 0.2) is 36.7 Å². The summed E-state index contributed by atoms with van der Waals surface area (Å²) in [6.07, 6.45) is 22.1. The molecule has 0 aromatic carbocycles. The first-order valence-corrected chi connectivity index (χ1v) is 18.8. The van der Waals surface area contributed by atoms with Gasteiger partial charge < -0.3 is 24.5 Å². The summed E-state index contributed by atoms with van der Waals surface area (Å²) in [5, 5.41) is 9.79. The molecular formula is C41H64N2O6. The summed E-state index contributed by atoms with van der Waals surface area (Å²) in [4.78, 5) is 46.0. The van der Waals surface area contributed by atoms with E-state index in [-0.39, 0.29) is 18.0 Å². The molecule has 0 bridgehead atoms. The number of aliphatic carboxylic acids is 1. The Morgan fingerprint density at radius 1 is 0.918 bits per heavy atom. The van der Waals surface area contributed by atoms with Crippen LogP contribution in [0.1, 0.15) is 176 Å². The number of carboxylic acids is 1. The fourth-order valence-electron chi connectivity index (χ4n) is 6.89. The van der Waals surface area contributed by atoms with Crippen LogP contribution in [-0.2, 0) is 20.7 Å². The molecular weight excluding hydrogens is 616 g/mol. The van der Waals surface area contributed by atoms with Crippen LogP contribution in [0.3, 0.4) is 0 Å². The smallest absolute Gasteiger partial charge is 0.304 e. The number of hydrogen-bond acceptors (Lipinski definition) is 5. The highest BCUT2D eigenvalue weighted by Gasteiger charge is 2.46. The third-order valence-corrected chi connectivity index (χ3v) is 10.0. The number of ether oxygens (including phenoxy) is 2. The van der Waals surface area contributed by atoms with Crippen molar-refractivity contribution in [3.63, 3.8) is 0 Å². The number of aromatic amines is 2. The molecule has 0 saturated carbocycles. The van der Waals surface area contributed by atoms with Gasteiger partial charge in [-0.05, 0) is 77.3 Å². The van der Waals surface area contributed by atoms with E-state index in [1.165, 1.54) is 44.9 Å². The van der Waals surface area contributed by atoms with E-state index in [2.05, 4.69) is 29.0 Å². The Labute approximate surface area is 295 Å². The number of allylic oxidation sites excluding steroid dienone is 2. The molecule has 2 aromatic heterocycles. The quantitative estimate of drug-likeness (QED) is 0.0610. The summed E-state index contributed by atoms with van der Waals surface area (Å²) < 4.78 is 11.9. The summed E-state index contributed by atoms with van der Waals surface area (Å²) in [5.74, 6) is -2.23. The molecule has 1 saturated heterocycles. The minimum atomic E-state index is -0.923. The molecule has 1 aliphatic rings. The first-order valence-electron chi connectivity index (χ1n) is 18.8. The number of aromatic nitrogens is 2. The maximum atomic E-state index is 13.9. The number of H-pyrrole nitrogens is 2. The van der Waals surface area contributed by atoms with E-state index in [0.717, 1.165) is 36.9 Å². The molecule has 3 N–H and O–H groups in total. The number of rotatable bonds is 23. The minimum Gasteiger partial charge on any atom is -0.481 e. The van der Waals surface area contributed by atoms with Crippen molar-refractivity contribution in [2.45, 2.75) is 163 Å². The van der Waals surface area contributed by atoms with E-state index >= 15 is 0 Å². The monoisotopic (exact) mass is 680 g/mol. The number of Topliss-reactive ketones (excluding diaryl/α,β-unsaturated/α-hetero) is 2. The molecule has 3 heterocycles. The Kier molecular flexibility index (Phi) is 15.6. The molecule has 1 aliphatic heterocycles. The van der Waals surface area contributed by atoms with Gasteiger partial charge in [0.05, 0.1) is 13.0 Å². The van der Waals surface area contributed by atoms with E-state index in [1.807, 2.05) is 40.0 Å². The van der Waals surface area contributed by atoms with Crippen LogP contribution < -0.4 is 0 Å². The van der Waals surface area contributed by atoms with Crippen LogP contribution in [0.4, 0.5) is 0 Å². The number of nitrogens with one attached hydrogen (secondary N) is 2. The van der Waals surface area contributed by atoms with Gasteiger partial charge in [0.2, 0.25) is 0 Å². The number of carbonyl (C=O) groups excluding carboxylic acids is 2. The highest BCUT2D eigenvalue weighted by atomic mass is 16.7. The predicted molar refractivity (Wildman–Crippen MR) is 196 cm³/mol. The van der Waals surface area contributed by atoms with Gasteiger partial charge in [-0.2, -0.15) is 0 Å². The van der Waals surface area contributed by atoms with E-state index in [0.29, 0.717) is 37.1 Å². The minimum absolute atomic E-state index is 0.108. The number of aryl methyl sites for hydroxylation is 1. The van der Waals surface area contributed by atoms with Crippen molar-refractivity contribution in [2.24, 2.45) is 10.8 Å². The standard InChI is InChI=1S/C41H64N2O6/c1-8-9-10-11-12-13-14-15-16-17-18-19-25-39(2,3)37(47)31-23-26-42-33(31)22-20-21-30(28-34(44)45)35-32(24-27-43-35)36(46)38-40(4,5)29-48-41(6,7)49-38/h13-14,23-24,26-27,30,38,42-43H,8-12,15-22,25,28-29H2,1-7H3,(H,44,45). The lowest BCUT2D eigenvalue weighted by Crippen LogP contribution is -2.53. The second-order valence-corrected chi connectivity index (χ2v) is 15.9. The van der Waals surface area contributed by atoms with Crippen LogP contribution in [-0.4, -0.2) is 51.1 Å². The van der Waals surface area contributed by atoms with Gasteiger partial charge >= 0.3 is 5.97 Å². The second-order valence-electron chi connectivity index (χ2n) is 15.9. The average Bonchev–Trinajstić information content (AvgIpc) is 3.72. The maximum absolute atomic E-state index is 13.9. The van der Waals surface area contributed by atoms with Crippen molar-refractivity contribution in [1.29, 1.82) is 0 Å². The van der Waals surface area contributed by atoms with Crippen LogP contribution in [0, 0.1) is 10.8 Å². The van der Waals surface area contributed by atoms with E-state index in [9.17, 15) is 19.5 Å². The fourth-order valence-corrected chi connectivity index (χ4v) is 6.89. The highest BCUT2D eigenvalue weighted by molar-refractivity contribution is 6.02. The first-order chi connectivity index (χ1) is 23.2. The largest absolute Gasteiger partial charge is 0.481 e. The van der Waals surface area contributed by atoms with Gasteiger partial charge in [-0.25, -0.2) is 0 Å². The molecule has 0 spiro atoms. The lowest BCUT2D eigenvalue weighted by atomic mass is 9.79. The van der Waals surface area contributed by atoms with E-state index in [4.69, 9.17) is 9.47 Å². The maximum Gasteiger partial charge on any atom is 0.304 e. The van der Waals surface area contributed by atoms with Gasteiger partial charge in [-0.3, -0.25) is 14.4 Å². The second kappa shape index (κ2) is 18.9. The molecule has 8 heteroatoms. The summed E-state index contributed by atoms with van der Waals surface area (Å²) in [6.45, 7) is 14.2. The van der Waals surface area contributed by atoms with Crippen LogP contribution >= 0.6 is 0 Å². The third kappa shape index (κ3) is 12.4. The van der Waals surface area contributed by atoms with Gasteiger partial charge in [0.1, 0.15) is 6.10 Å². The fraction of sp³-hybridized carbons (Fsp3) is 0.683. The highest BCUT2D eigenvalue weighted by Crippen LogP contribution is 2.38. The zero-order valence-corrected chi connectivity index (χ0v) is 31.4. The van der Waals surface area contributed by atoms with Crippen molar-refractivity contribution >= 4 is 17.5 Å². The van der Waals surface area contributed by atoms with E-state index < -0.39 is 34.6 Å². The summed E-state index contributed by atoms with van der Waals surface area (Å²) >= 11 is 0. The van der Waals surface area contributed by atoms with Gasteiger partial charge in [0, 0.05) is 51.7 Å². The molecule has 1 fully saturated rings. The van der Waals surface area contributed by atoms with E-state index in [1.54, 1.807) is 26.1 Å². The zero-order chi connectivity index (χ0) is 36.1. The van der Waals surface area contributed by atoms with Gasteiger partial charge in [0.25, 0.3) is 0 Å². The van der Waals surface area contributed by atoms with Crippen LogP contribution in [0.25, 0.3) is 0 Å². The Morgan fingerprint density at radius 3 is 2.22 bits per heavy atom. The van der Waals surface area contributed by atoms with Crippen molar-refractivity contribution in [3.05, 3.63) is 59.2 Å². The van der Waals surface area contributed by atoms with Gasteiger partial charge in [-0.15, -0.1) is 0 Å². The first kappa shape index (κ1) is 40.5. The normalized spacial score (nSPS) is 18.1. The van der Waals surface area contributed by atoms with Crippen LogP contribution in [0.2, 0.25) is 0 Å². The molecule has 2 aromatic rings. The Bertz CT molecular complexity index is 1360. The predicted octanol–water partition coefficient (Wildman–Crippen LogP) is 10.4. The summed E-state index contributed by atoms with van der Waals surface area (Å²) in [5.41, 5.74) is 1.69. The van der Waals surface area contributed by atoms with Crippen molar-refractivity contribution < 1.29 is 29.0 Å². The molecule has 2 unspecified atom stereocenters. The summed E-state index contributed by atoms with van der Waals surface area (Å²) in [6, 6.07) is 3.60. The molecule has 0 amide bonds. The lowest BCUT2D eigenvalue weighted by Gasteiger charge is -2.45. The Hall–Kier alpha value is -2.97. The molecule has 49 heavy (non-hydrogen) atoms. The molecule has 3 rings (SSSR count). The SMILES string of the molecule is CCCCCCC=CCCCCCCC(C)(C)C(=O)c1cc[nH]c1CCCC(CC(=O)O)c1[nH]ccc1C(=O)C1OC(C)(C)OCC1(C)C. The number of unbranched alkanes of at least 4 members (excludes halogenated alkanes) is 8. The average molecular weight is 681 g/mol. The van der Waals surface area contributed by atoms with Crippen molar-refractivity contribution in [1.82, 2.24) is 9.97 Å². The van der Waals surface area contributed by atoms with Gasteiger partial charge in [0.15, 0.2) is 17.4 Å². The number of carboxylic acid groups (broad SMARTS) is 1. The lowest BCUT2D eigenvalue weighted by molar-refractivity contribution is -0.298. The number of carbonyl (C=O) groups is 3. The topological polar surface area (TPSA) is 121 Å². The molecule has 2 atom stereocenters. The summed E-state index contributed by atoms with van der Waals surface area (Å²) in [7, 11) is 0. The zero-order valence-electron chi connectivity index (χ0n) is 31.4. The molecule has 274 valence electrons. The van der Waals surface area contributed by atoms with Crippen molar-refractivity contribution in [2.75, 3.05) is 6.61 Å². The third-order valence-electron chi connectivity index (χ3n) is 10.0.